The largest absolute Gasteiger partial charge is 0.312 e. The van der Waals surface area contributed by atoms with Gasteiger partial charge in [-0.25, -0.2) is 8.78 Å². The number of thiophene rings is 1. The van der Waals surface area contributed by atoms with Crippen molar-refractivity contribution < 1.29 is 8.78 Å². The van der Waals surface area contributed by atoms with Crippen LogP contribution in [-0.4, -0.2) is 6.54 Å². The molecule has 0 spiro atoms. The summed E-state index contributed by atoms with van der Waals surface area (Å²) in [5.74, 6) is -1.05. The van der Waals surface area contributed by atoms with Gasteiger partial charge < -0.3 is 5.32 Å². The van der Waals surface area contributed by atoms with Crippen LogP contribution in [0.25, 0.3) is 10.4 Å². The third-order valence-corrected chi connectivity index (χ3v) is 3.70. The summed E-state index contributed by atoms with van der Waals surface area (Å²) >= 11 is 1.53. The Hall–Kier alpha value is -1.26. The van der Waals surface area contributed by atoms with Crippen molar-refractivity contribution in [3.63, 3.8) is 0 Å². The van der Waals surface area contributed by atoms with Gasteiger partial charge in [0.25, 0.3) is 0 Å². The van der Waals surface area contributed by atoms with E-state index in [2.05, 4.69) is 12.2 Å². The van der Waals surface area contributed by atoms with Crippen molar-refractivity contribution in [3.8, 4) is 10.4 Å². The molecule has 0 bridgehead atoms. The molecule has 1 nitrogen and oxygen atoms in total. The van der Waals surface area contributed by atoms with Crippen molar-refractivity contribution in [3.05, 3.63) is 46.8 Å². The Morgan fingerprint density at radius 1 is 1.17 bits per heavy atom. The second-order valence-corrected chi connectivity index (χ2v) is 5.24. The third-order valence-electron chi connectivity index (χ3n) is 2.58. The van der Waals surface area contributed by atoms with Crippen LogP contribution in [0.4, 0.5) is 8.78 Å². The first-order chi connectivity index (χ1) is 8.70. The third kappa shape index (κ3) is 3.15. The quantitative estimate of drug-likeness (QED) is 0.801. The van der Waals surface area contributed by atoms with Gasteiger partial charge in [-0.3, -0.25) is 0 Å². The van der Waals surface area contributed by atoms with Crippen molar-refractivity contribution in [2.45, 2.75) is 19.9 Å². The van der Waals surface area contributed by atoms with E-state index >= 15 is 0 Å². The highest BCUT2D eigenvalue weighted by atomic mass is 32.1. The number of rotatable bonds is 5. The summed E-state index contributed by atoms with van der Waals surface area (Å²) in [6, 6.07) is 7.55. The van der Waals surface area contributed by atoms with Crippen LogP contribution in [0.15, 0.2) is 30.3 Å². The number of nitrogens with one attached hydrogen (secondary N) is 1. The minimum absolute atomic E-state index is 0.461. The van der Waals surface area contributed by atoms with Crippen molar-refractivity contribution in [1.82, 2.24) is 5.32 Å². The van der Waals surface area contributed by atoms with Crippen molar-refractivity contribution >= 4 is 11.3 Å². The van der Waals surface area contributed by atoms with E-state index < -0.39 is 11.6 Å². The molecule has 0 saturated heterocycles. The van der Waals surface area contributed by atoms with Crippen LogP contribution in [0.5, 0.6) is 0 Å². The number of halogens is 2. The van der Waals surface area contributed by atoms with Crippen LogP contribution in [0, 0.1) is 11.6 Å². The molecule has 0 unspecified atom stereocenters. The van der Waals surface area contributed by atoms with E-state index in [4.69, 9.17) is 0 Å². The lowest BCUT2D eigenvalue weighted by atomic mass is 10.2. The molecule has 4 heteroatoms. The second-order valence-electron chi connectivity index (χ2n) is 4.07. The van der Waals surface area contributed by atoms with E-state index in [0.29, 0.717) is 5.56 Å². The second kappa shape index (κ2) is 6.07. The predicted molar refractivity (Wildman–Crippen MR) is 71.7 cm³/mol. The Morgan fingerprint density at radius 3 is 2.72 bits per heavy atom. The van der Waals surface area contributed by atoms with Crippen LogP contribution in [0.3, 0.4) is 0 Å². The molecule has 18 heavy (non-hydrogen) atoms. The van der Waals surface area contributed by atoms with E-state index in [-0.39, 0.29) is 0 Å². The summed E-state index contributed by atoms with van der Waals surface area (Å²) in [4.78, 5) is 1.99. The standard InChI is InChI=1S/C14H15F2NS/c1-2-7-17-9-11-4-6-14(18-11)12-5-3-10(15)8-13(12)16/h3-6,8,17H,2,7,9H2,1H3. The summed E-state index contributed by atoms with van der Waals surface area (Å²) in [7, 11) is 0. The molecule has 0 atom stereocenters. The number of benzene rings is 1. The van der Waals surface area contributed by atoms with Crippen molar-refractivity contribution in [2.24, 2.45) is 0 Å². The molecule has 0 radical (unpaired) electrons. The van der Waals surface area contributed by atoms with E-state index in [0.717, 1.165) is 35.3 Å². The van der Waals surface area contributed by atoms with Gasteiger partial charge in [0.15, 0.2) is 0 Å². The fourth-order valence-electron chi connectivity index (χ4n) is 1.70. The van der Waals surface area contributed by atoms with Gasteiger partial charge in [-0.1, -0.05) is 6.92 Å². The van der Waals surface area contributed by atoms with Gasteiger partial charge in [0.2, 0.25) is 0 Å². The summed E-state index contributed by atoms with van der Waals surface area (Å²) in [6.45, 7) is 3.88. The zero-order chi connectivity index (χ0) is 13.0. The van der Waals surface area contributed by atoms with Crippen LogP contribution in [-0.2, 0) is 6.54 Å². The zero-order valence-corrected chi connectivity index (χ0v) is 11.0. The van der Waals surface area contributed by atoms with Gasteiger partial charge >= 0.3 is 0 Å². The average molecular weight is 267 g/mol. The zero-order valence-electron chi connectivity index (χ0n) is 10.2. The smallest absolute Gasteiger partial charge is 0.134 e. The predicted octanol–water partition coefficient (Wildman–Crippen LogP) is 4.19. The lowest BCUT2D eigenvalue weighted by Crippen LogP contribution is -2.12. The average Bonchev–Trinajstić information content (AvgIpc) is 2.78. The molecule has 1 aromatic carbocycles. The van der Waals surface area contributed by atoms with E-state index in [1.807, 2.05) is 12.1 Å². The maximum absolute atomic E-state index is 13.6. The van der Waals surface area contributed by atoms with Gasteiger partial charge in [-0.15, -0.1) is 11.3 Å². The van der Waals surface area contributed by atoms with E-state index in [1.54, 1.807) is 0 Å². The maximum Gasteiger partial charge on any atom is 0.134 e. The minimum atomic E-state index is -0.544. The molecule has 1 aromatic heterocycles. The fraction of sp³-hybridized carbons (Fsp3) is 0.286. The number of hydrogen-bond acceptors (Lipinski definition) is 2. The molecule has 1 N–H and O–H groups in total. The van der Waals surface area contributed by atoms with Gasteiger partial charge in [-0.2, -0.15) is 0 Å². The number of hydrogen-bond donors (Lipinski definition) is 1. The molecular weight excluding hydrogens is 252 g/mol. The van der Waals surface area contributed by atoms with Crippen molar-refractivity contribution in [1.29, 1.82) is 0 Å². The first kappa shape index (κ1) is 13.2. The lowest BCUT2D eigenvalue weighted by molar-refractivity contribution is 0.586. The summed E-state index contributed by atoms with van der Waals surface area (Å²) < 4.78 is 26.4. The summed E-state index contributed by atoms with van der Waals surface area (Å²) in [5.41, 5.74) is 0.461. The Labute approximate surface area is 109 Å². The first-order valence-electron chi connectivity index (χ1n) is 5.95. The summed E-state index contributed by atoms with van der Waals surface area (Å²) in [5, 5.41) is 3.30. The van der Waals surface area contributed by atoms with Gasteiger partial charge in [0.05, 0.1) is 0 Å². The van der Waals surface area contributed by atoms with Crippen LogP contribution < -0.4 is 5.32 Å². The topological polar surface area (TPSA) is 12.0 Å². The van der Waals surface area contributed by atoms with Crippen molar-refractivity contribution in [2.75, 3.05) is 6.54 Å². The minimum Gasteiger partial charge on any atom is -0.312 e. The van der Waals surface area contributed by atoms with Crippen LogP contribution in [0.1, 0.15) is 18.2 Å². The Bertz CT molecular complexity index is 522. The molecule has 2 aromatic rings. The van der Waals surface area contributed by atoms with E-state index in [9.17, 15) is 8.78 Å². The van der Waals surface area contributed by atoms with Crippen LogP contribution >= 0.6 is 11.3 Å². The fourth-order valence-corrected chi connectivity index (χ4v) is 2.70. The molecule has 0 aliphatic heterocycles. The molecule has 0 aliphatic carbocycles. The van der Waals surface area contributed by atoms with Gasteiger partial charge in [0, 0.05) is 27.9 Å². The molecule has 1 heterocycles. The first-order valence-corrected chi connectivity index (χ1v) is 6.77. The Kier molecular flexibility index (Phi) is 4.44. The molecule has 96 valence electrons. The molecule has 0 aliphatic rings. The lowest BCUT2D eigenvalue weighted by Gasteiger charge is -2.01. The summed E-state index contributed by atoms with van der Waals surface area (Å²) in [6.07, 6.45) is 1.09. The molecular formula is C14H15F2NS. The molecule has 0 fully saturated rings. The Morgan fingerprint density at radius 2 is 2.00 bits per heavy atom. The highest BCUT2D eigenvalue weighted by Crippen LogP contribution is 2.30. The highest BCUT2D eigenvalue weighted by molar-refractivity contribution is 7.15. The monoisotopic (exact) mass is 267 g/mol. The van der Waals surface area contributed by atoms with Gasteiger partial charge in [0.1, 0.15) is 11.6 Å². The maximum atomic E-state index is 13.6. The SMILES string of the molecule is CCCNCc1ccc(-c2ccc(F)cc2F)s1. The van der Waals surface area contributed by atoms with Gasteiger partial charge in [-0.05, 0) is 37.2 Å². The molecule has 2 rings (SSSR count). The normalized spacial score (nSPS) is 10.8. The van der Waals surface area contributed by atoms with Crippen LogP contribution in [0.2, 0.25) is 0 Å². The Balaban J connectivity index is 2.13. The molecule has 0 amide bonds. The molecule has 0 saturated carbocycles. The van der Waals surface area contributed by atoms with E-state index in [1.165, 1.54) is 23.5 Å². The highest BCUT2D eigenvalue weighted by Gasteiger charge is 2.08.